The zero-order valence-electron chi connectivity index (χ0n) is 15.1. The van der Waals surface area contributed by atoms with Gasteiger partial charge in [-0.2, -0.15) is 0 Å². The second-order valence-corrected chi connectivity index (χ2v) is 6.36. The summed E-state index contributed by atoms with van der Waals surface area (Å²) in [5.41, 5.74) is 9.87. The lowest BCUT2D eigenvalue weighted by Crippen LogP contribution is -2.28. The molecule has 0 aliphatic heterocycles. The van der Waals surface area contributed by atoms with Crippen LogP contribution in [0.15, 0.2) is 54.7 Å². The first kappa shape index (κ1) is 17.9. The number of aryl methyl sites for hydroxylation is 1. The first-order chi connectivity index (χ1) is 12.6. The number of aromatic nitrogens is 2. The summed E-state index contributed by atoms with van der Waals surface area (Å²) in [6.07, 6.45) is 2.58. The first-order valence-electron chi connectivity index (χ1n) is 8.80. The fourth-order valence-electron chi connectivity index (χ4n) is 2.75. The van der Waals surface area contributed by atoms with Crippen LogP contribution >= 0.6 is 0 Å². The molecule has 0 fully saturated rings. The number of nitrogens with one attached hydrogen (secondary N) is 1. The van der Waals surface area contributed by atoms with Crippen molar-refractivity contribution in [3.05, 3.63) is 60.3 Å². The molecule has 3 rings (SSSR count). The van der Waals surface area contributed by atoms with Crippen molar-refractivity contribution in [2.45, 2.75) is 26.3 Å². The van der Waals surface area contributed by atoms with Crippen LogP contribution in [0.3, 0.4) is 0 Å². The van der Waals surface area contributed by atoms with Gasteiger partial charge in [0, 0.05) is 18.8 Å². The maximum Gasteiger partial charge on any atom is 0.165 e. The van der Waals surface area contributed by atoms with Crippen LogP contribution in [0, 0.1) is 6.92 Å². The molecule has 0 radical (unpaired) electrons. The quantitative estimate of drug-likeness (QED) is 0.628. The number of aromatic hydroxyl groups is 1. The monoisotopic (exact) mass is 348 g/mol. The zero-order valence-corrected chi connectivity index (χ0v) is 15.1. The Morgan fingerprint density at radius 1 is 1.12 bits per heavy atom. The van der Waals surface area contributed by atoms with E-state index in [9.17, 15) is 5.11 Å². The molecule has 1 atom stereocenters. The van der Waals surface area contributed by atoms with Gasteiger partial charge in [-0.25, -0.2) is 9.97 Å². The van der Waals surface area contributed by atoms with Crippen LogP contribution in [0.1, 0.15) is 18.9 Å². The van der Waals surface area contributed by atoms with Gasteiger partial charge in [0.15, 0.2) is 5.82 Å². The summed E-state index contributed by atoms with van der Waals surface area (Å²) in [5.74, 6) is 1.33. The van der Waals surface area contributed by atoms with E-state index in [1.54, 1.807) is 18.3 Å². The largest absolute Gasteiger partial charge is 0.507 e. The predicted molar refractivity (Wildman–Crippen MR) is 106 cm³/mol. The summed E-state index contributed by atoms with van der Waals surface area (Å²) in [4.78, 5) is 8.86. The number of phenols is 1. The van der Waals surface area contributed by atoms with Gasteiger partial charge in [0.25, 0.3) is 0 Å². The van der Waals surface area contributed by atoms with E-state index in [4.69, 9.17) is 5.73 Å². The molecule has 1 unspecified atom stereocenters. The molecule has 5 heteroatoms. The topological polar surface area (TPSA) is 84.1 Å². The zero-order chi connectivity index (χ0) is 18.5. The molecule has 134 valence electrons. The van der Waals surface area contributed by atoms with Crippen LogP contribution in [0.4, 0.5) is 5.82 Å². The van der Waals surface area contributed by atoms with Crippen molar-refractivity contribution in [1.29, 1.82) is 0 Å². The lowest BCUT2D eigenvalue weighted by molar-refractivity contribution is 0.477. The molecule has 26 heavy (non-hydrogen) atoms. The maximum atomic E-state index is 10.3. The van der Waals surface area contributed by atoms with Gasteiger partial charge in [0.1, 0.15) is 11.6 Å². The molecule has 4 N–H and O–H groups in total. The number of rotatable bonds is 6. The molecular formula is C21H24N4O. The molecule has 0 amide bonds. The van der Waals surface area contributed by atoms with Gasteiger partial charge in [0.2, 0.25) is 0 Å². The molecule has 1 aromatic heterocycles. The van der Waals surface area contributed by atoms with Gasteiger partial charge in [-0.1, -0.05) is 37.3 Å². The van der Waals surface area contributed by atoms with Crippen LogP contribution in [-0.4, -0.2) is 27.7 Å². The van der Waals surface area contributed by atoms with E-state index >= 15 is 0 Å². The molecule has 0 saturated carbocycles. The Morgan fingerprint density at radius 3 is 2.69 bits per heavy atom. The number of nitrogens with zero attached hydrogens (tertiary/aromatic N) is 2. The third kappa shape index (κ3) is 4.00. The molecule has 0 saturated heterocycles. The van der Waals surface area contributed by atoms with E-state index in [0.717, 1.165) is 17.5 Å². The Kier molecular flexibility index (Phi) is 5.49. The number of anilines is 1. The van der Waals surface area contributed by atoms with E-state index in [1.807, 2.05) is 31.2 Å². The number of hydrogen-bond donors (Lipinski definition) is 3. The molecule has 1 heterocycles. The molecule has 0 bridgehead atoms. The van der Waals surface area contributed by atoms with Gasteiger partial charge in [-0.15, -0.1) is 0 Å². The molecular weight excluding hydrogens is 324 g/mol. The van der Waals surface area contributed by atoms with Crippen molar-refractivity contribution in [3.63, 3.8) is 0 Å². The van der Waals surface area contributed by atoms with Gasteiger partial charge in [-0.05, 0) is 48.2 Å². The van der Waals surface area contributed by atoms with Crippen LogP contribution in [0.2, 0.25) is 0 Å². The minimum absolute atomic E-state index is 0.0752. The Balaban J connectivity index is 1.94. The number of hydrogen-bond acceptors (Lipinski definition) is 5. The summed E-state index contributed by atoms with van der Waals surface area (Å²) in [5, 5.41) is 13.6. The van der Waals surface area contributed by atoms with E-state index in [1.165, 1.54) is 5.56 Å². The minimum atomic E-state index is 0.0752. The van der Waals surface area contributed by atoms with Crippen molar-refractivity contribution in [3.8, 4) is 28.3 Å². The van der Waals surface area contributed by atoms with Gasteiger partial charge in [-0.3, -0.25) is 0 Å². The fraction of sp³-hybridized carbons (Fsp3) is 0.238. The second kappa shape index (κ2) is 7.97. The fourth-order valence-corrected chi connectivity index (χ4v) is 2.75. The Labute approximate surface area is 153 Å². The van der Waals surface area contributed by atoms with Crippen molar-refractivity contribution in [2.24, 2.45) is 5.73 Å². The number of phenolic OH excluding ortho intramolecular Hbond substituents is 1. The summed E-state index contributed by atoms with van der Waals surface area (Å²) in [6, 6.07) is 15.5. The second-order valence-electron chi connectivity index (χ2n) is 6.36. The van der Waals surface area contributed by atoms with Crippen molar-refractivity contribution >= 4 is 5.82 Å². The third-order valence-electron chi connectivity index (χ3n) is 4.42. The summed E-state index contributed by atoms with van der Waals surface area (Å²) >= 11 is 0. The molecule has 0 aliphatic carbocycles. The lowest BCUT2D eigenvalue weighted by atomic mass is 9.98. The Morgan fingerprint density at radius 2 is 1.92 bits per heavy atom. The average Bonchev–Trinajstić information content (AvgIpc) is 2.67. The highest BCUT2D eigenvalue weighted by molar-refractivity contribution is 5.76. The lowest BCUT2D eigenvalue weighted by Gasteiger charge is -2.12. The van der Waals surface area contributed by atoms with E-state index in [0.29, 0.717) is 23.8 Å². The smallest absolute Gasteiger partial charge is 0.165 e. The Bertz CT molecular complexity index is 895. The van der Waals surface area contributed by atoms with E-state index in [2.05, 4.69) is 34.3 Å². The normalized spacial score (nSPS) is 12.0. The summed E-state index contributed by atoms with van der Waals surface area (Å²) in [6.45, 7) is 4.76. The number of benzene rings is 2. The van der Waals surface area contributed by atoms with Gasteiger partial charge >= 0.3 is 0 Å². The van der Waals surface area contributed by atoms with Gasteiger partial charge < -0.3 is 16.2 Å². The van der Waals surface area contributed by atoms with E-state index in [-0.39, 0.29) is 11.8 Å². The van der Waals surface area contributed by atoms with Crippen molar-refractivity contribution in [2.75, 3.05) is 11.9 Å². The average molecular weight is 348 g/mol. The SMILES string of the molecule is CCC(N)CNc1ccnc(-c2cc(-c3ccccc3C)ccc2O)n1. The molecule has 0 spiro atoms. The van der Waals surface area contributed by atoms with Crippen LogP contribution in [-0.2, 0) is 0 Å². The van der Waals surface area contributed by atoms with Crippen LogP contribution in [0.5, 0.6) is 5.75 Å². The Hall–Kier alpha value is -2.92. The third-order valence-corrected chi connectivity index (χ3v) is 4.42. The number of nitrogens with two attached hydrogens (primary N) is 1. The molecule has 2 aromatic carbocycles. The van der Waals surface area contributed by atoms with Crippen LogP contribution in [0.25, 0.3) is 22.5 Å². The van der Waals surface area contributed by atoms with Crippen molar-refractivity contribution in [1.82, 2.24) is 9.97 Å². The highest BCUT2D eigenvalue weighted by Gasteiger charge is 2.11. The van der Waals surface area contributed by atoms with Crippen molar-refractivity contribution < 1.29 is 5.11 Å². The molecule has 0 aliphatic rings. The minimum Gasteiger partial charge on any atom is -0.507 e. The van der Waals surface area contributed by atoms with Crippen LogP contribution < -0.4 is 11.1 Å². The van der Waals surface area contributed by atoms with E-state index < -0.39 is 0 Å². The maximum absolute atomic E-state index is 10.3. The highest BCUT2D eigenvalue weighted by Crippen LogP contribution is 2.33. The van der Waals surface area contributed by atoms with Gasteiger partial charge in [0.05, 0.1) is 5.56 Å². The first-order valence-corrected chi connectivity index (χ1v) is 8.80. The predicted octanol–water partition coefficient (Wildman–Crippen LogP) is 3.97. The summed E-state index contributed by atoms with van der Waals surface area (Å²) < 4.78 is 0. The summed E-state index contributed by atoms with van der Waals surface area (Å²) in [7, 11) is 0. The molecule has 3 aromatic rings. The standard InChI is InChI=1S/C21H24N4O/c1-3-16(22)13-24-20-10-11-23-21(25-20)18-12-15(8-9-19(18)26)17-7-5-4-6-14(17)2/h4-12,16,26H,3,13,22H2,1-2H3,(H,23,24,25). The highest BCUT2D eigenvalue weighted by atomic mass is 16.3. The molecule has 5 nitrogen and oxygen atoms in total.